The first-order valence-corrected chi connectivity index (χ1v) is 10.6. The summed E-state index contributed by atoms with van der Waals surface area (Å²) in [7, 11) is 0. The van der Waals surface area contributed by atoms with Crippen molar-refractivity contribution in [1.82, 2.24) is 0 Å². The molecule has 30 heavy (non-hydrogen) atoms. The number of hydrogen-bond donors (Lipinski definition) is 1. The summed E-state index contributed by atoms with van der Waals surface area (Å²) in [5.41, 5.74) is 1.72. The van der Waals surface area contributed by atoms with E-state index in [1.54, 1.807) is 36.4 Å². The van der Waals surface area contributed by atoms with Gasteiger partial charge in [-0.15, -0.1) is 0 Å². The highest BCUT2D eigenvalue weighted by atomic mass is 35.5. The van der Waals surface area contributed by atoms with Crippen LogP contribution in [0.2, 0.25) is 20.1 Å². The predicted molar refractivity (Wildman–Crippen MR) is 122 cm³/mol. The molecule has 0 unspecified atom stereocenters. The Morgan fingerprint density at radius 3 is 2.37 bits per heavy atom. The quantitative estimate of drug-likeness (QED) is 0.348. The summed E-state index contributed by atoms with van der Waals surface area (Å²) in [5, 5.41) is 5.07. The van der Waals surface area contributed by atoms with Gasteiger partial charge >= 0.3 is 0 Å². The summed E-state index contributed by atoms with van der Waals surface area (Å²) in [6.07, 6.45) is 0. The van der Waals surface area contributed by atoms with E-state index >= 15 is 0 Å². The van der Waals surface area contributed by atoms with Gasteiger partial charge < -0.3 is 14.8 Å². The highest BCUT2D eigenvalue weighted by Gasteiger charge is 2.14. The first-order valence-electron chi connectivity index (χ1n) is 9.09. The molecule has 0 bridgehead atoms. The minimum absolute atomic E-state index is 0.0579. The molecule has 3 aromatic carbocycles. The fraction of sp³-hybridized carbons (Fsp3) is 0.182. The smallest absolute Gasteiger partial charge is 0.163 e. The van der Waals surface area contributed by atoms with Crippen molar-refractivity contribution in [3.05, 3.63) is 85.6 Å². The topological polar surface area (TPSA) is 30.5 Å². The molecule has 0 radical (unpaired) electrons. The molecule has 0 atom stereocenters. The molecule has 0 fully saturated rings. The van der Waals surface area contributed by atoms with Crippen LogP contribution < -0.4 is 14.8 Å². The van der Waals surface area contributed by atoms with Crippen molar-refractivity contribution in [2.45, 2.75) is 20.1 Å². The van der Waals surface area contributed by atoms with Crippen LogP contribution in [0.25, 0.3) is 0 Å². The molecule has 3 nitrogen and oxygen atoms in total. The Labute approximate surface area is 194 Å². The number of rotatable bonds is 8. The number of halogens is 5. The second-order valence-corrected chi connectivity index (χ2v) is 7.95. The second kappa shape index (κ2) is 10.5. The van der Waals surface area contributed by atoms with E-state index in [4.69, 9.17) is 55.9 Å². The molecular formula is C22H18Cl4FNO2. The summed E-state index contributed by atoms with van der Waals surface area (Å²) < 4.78 is 25.5. The van der Waals surface area contributed by atoms with Crippen LogP contribution in [-0.4, -0.2) is 6.61 Å². The molecule has 0 aromatic heterocycles. The maximum Gasteiger partial charge on any atom is 0.163 e. The highest BCUT2D eigenvalue weighted by molar-refractivity contribution is 6.35. The van der Waals surface area contributed by atoms with Gasteiger partial charge in [0.15, 0.2) is 11.5 Å². The SMILES string of the molecule is CCOc1cc(CNc2cc(Cl)ccc2Cl)c(Cl)cc1OCc1c(F)cccc1Cl. The van der Waals surface area contributed by atoms with Gasteiger partial charge in [0.05, 0.1) is 22.3 Å². The zero-order valence-corrected chi connectivity index (χ0v) is 19.0. The zero-order valence-electron chi connectivity index (χ0n) is 15.9. The summed E-state index contributed by atoms with van der Waals surface area (Å²) in [6.45, 7) is 2.61. The summed E-state index contributed by atoms with van der Waals surface area (Å²) in [6, 6.07) is 13.0. The predicted octanol–water partition coefficient (Wildman–Crippen LogP) is 8.03. The van der Waals surface area contributed by atoms with Crippen LogP contribution in [0, 0.1) is 5.82 Å². The third kappa shape index (κ3) is 5.64. The van der Waals surface area contributed by atoms with E-state index < -0.39 is 5.82 Å². The first-order chi connectivity index (χ1) is 14.4. The third-order valence-corrected chi connectivity index (χ3v) is 5.51. The molecule has 158 valence electrons. The molecule has 3 aromatic rings. The van der Waals surface area contributed by atoms with E-state index in [1.165, 1.54) is 12.1 Å². The zero-order chi connectivity index (χ0) is 21.7. The van der Waals surface area contributed by atoms with Gasteiger partial charge in [0.2, 0.25) is 0 Å². The lowest BCUT2D eigenvalue weighted by atomic mass is 10.2. The van der Waals surface area contributed by atoms with Gasteiger partial charge in [0.1, 0.15) is 12.4 Å². The van der Waals surface area contributed by atoms with Crippen LogP contribution in [-0.2, 0) is 13.2 Å². The van der Waals surface area contributed by atoms with Gasteiger partial charge in [-0.25, -0.2) is 4.39 Å². The second-order valence-electron chi connectivity index (χ2n) is 6.29. The van der Waals surface area contributed by atoms with Gasteiger partial charge in [-0.05, 0) is 48.9 Å². The number of nitrogens with one attached hydrogen (secondary N) is 1. The molecule has 0 aliphatic carbocycles. The summed E-state index contributed by atoms with van der Waals surface area (Å²) in [5.74, 6) is 0.444. The largest absolute Gasteiger partial charge is 0.490 e. The van der Waals surface area contributed by atoms with Crippen molar-refractivity contribution < 1.29 is 13.9 Å². The Hall–Kier alpha value is -1.85. The number of hydrogen-bond acceptors (Lipinski definition) is 3. The Morgan fingerprint density at radius 2 is 1.63 bits per heavy atom. The van der Waals surface area contributed by atoms with Crippen molar-refractivity contribution in [1.29, 1.82) is 0 Å². The Kier molecular flexibility index (Phi) is 7.95. The summed E-state index contributed by atoms with van der Waals surface area (Å²) in [4.78, 5) is 0. The molecule has 0 saturated carbocycles. The van der Waals surface area contributed by atoms with E-state index in [-0.39, 0.29) is 12.2 Å². The van der Waals surface area contributed by atoms with Crippen molar-refractivity contribution >= 4 is 52.1 Å². The van der Waals surface area contributed by atoms with Crippen LogP contribution >= 0.6 is 46.4 Å². The molecule has 3 rings (SSSR count). The lowest BCUT2D eigenvalue weighted by Crippen LogP contribution is -2.05. The van der Waals surface area contributed by atoms with E-state index in [0.29, 0.717) is 50.4 Å². The van der Waals surface area contributed by atoms with Crippen molar-refractivity contribution in [3.8, 4) is 11.5 Å². The van der Waals surface area contributed by atoms with Crippen LogP contribution in [0.1, 0.15) is 18.1 Å². The maximum absolute atomic E-state index is 14.0. The fourth-order valence-electron chi connectivity index (χ4n) is 2.74. The minimum atomic E-state index is -0.439. The number of ether oxygens (including phenoxy) is 2. The normalized spacial score (nSPS) is 10.7. The molecule has 8 heteroatoms. The van der Waals surface area contributed by atoms with Gasteiger partial charge in [-0.3, -0.25) is 0 Å². The third-order valence-electron chi connectivity index (χ3n) is 4.24. The molecule has 0 saturated heterocycles. The molecule has 0 aliphatic rings. The monoisotopic (exact) mass is 487 g/mol. The van der Waals surface area contributed by atoms with Crippen LogP contribution in [0.5, 0.6) is 11.5 Å². The van der Waals surface area contributed by atoms with Gasteiger partial charge in [-0.1, -0.05) is 52.5 Å². The standard InChI is InChI=1S/C22H18Cl4FNO2/c1-2-29-21-8-13(11-28-20-9-14(23)6-7-17(20)25)18(26)10-22(21)30-12-15-16(24)4-3-5-19(15)27/h3-10,28H,2,11-12H2,1H3. The van der Waals surface area contributed by atoms with E-state index in [2.05, 4.69) is 5.32 Å². The van der Waals surface area contributed by atoms with Crippen LogP contribution in [0.4, 0.5) is 10.1 Å². The molecule has 1 N–H and O–H groups in total. The van der Waals surface area contributed by atoms with Crippen molar-refractivity contribution in [2.75, 3.05) is 11.9 Å². The average Bonchev–Trinajstić information content (AvgIpc) is 2.70. The van der Waals surface area contributed by atoms with Crippen LogP contribution in [0.15, 0.2) is 48.5 Å². The number of benzene rings is 3. The van der Waals surface area contributed by atoms with Crippen molar-refractivity contribution in [2.24, 2.45) is 0 Å². The fourth-order valence-corrected chi connectivity index (χ4v) is 3.53. The Bertz CT molecular complexity index is 1030. The molecule has 0 spiro atoms. The maximum atomic E-state index is 14.0. The molecule has 0 heterocycles. The van der Waals surface area contributed by atoms with Gasteiger partial charge in [-0.2, -0.15) is 0 Å². The lowest BCUT2D eigenvalue weighted by Gasteiger charge is -2.16. The summed E-state index contributed by atoms with van der Waals surface area (Å²) >= 11 is 24.7. The van der Waals surface area contributed by atoms with Crippen molar-refractivity contribution in [3.63, 3.8) is 0 Å². The molecule has 0 amide bonds. The Balaban J connectivity index is 1.80. The van der Waals surface area contributed by atoms with E-state index in [9.17, 15) is 4.39 Å². The first kappa shape index (κ1) is 22.8. The molecular weight excluding hydrogens is 471 g/mol. The minimum Gasteiger partial charge on any atom is -0.490 e. The van der Waals surface area contributed by atoms with Gasteiger partial charge in [0.25, 0.3) is 0 Å². The average molecular weight is 489 g/mol. The highest BCUT2D eigenvalue weighted by Crippen LogP contribution is 2.36. The van der Waals surface area contributed by atoms with E-state index in [1.807, 2.05) is 6.92 Å². The lowest BCUT2D eigenvalue weighted by molar-refractivity contribution is 0.265. The van der Waals surface area contributed by atoms with Crippen LogP contribution in [0.3, 0.4) is 0 Å². The Morgan fingerprint density at radius 1 is 0.867 bits per heavy atom. The number of anilines is 1. The molecule has 0 aliphatic heterocycles. The van der Waals surface area contributed by atoms with E-state index in [0.717, 1.165) is 5.56 Å². The van der Waals surface area contributed by atoms with Gasteiger partial charge in [0, 0.05) is 28.2 Å².